The van der Waals surface area contributed by atoms with Gasteiger partial charge >= 0.3 is 12.1 Å². The summed E-state index contributed by atoms with van der Waals surface area (Å²) >= 11 is 1.50. The van der Waals surface area contributed by atoms with Gasteiger partial charge in [-0.3, -0.25) is 0 Å². The minimum absolute atomic E-state index is 0.0614. The molecule has 1 heterocycles. The lowest BCUT2D eigenvalue weighted by molar-refractivity contribution is -0.0288. The van der Waals surface area contributed by atoms with Crippen LogP contribution in [0.3, 0.4) is 0 Å². The summed E-state index contributed by atoms with van der Waals surface area (Å²) in [7, 11) is -3.98. The molecular weight excluding hydrogens is 611 g/mol. The van der Waals surface area contributed by atoms with E-state index in [4.69, 9.17) is 4.98 Å². The Hall–Kier alpha value is -3.48. The van der Waals surface area contributed by atoms with Crippen molar-refractivity contribution in [1.29, 1.82) is 0 Å². The van der Waals surface area contributed by atoms with Crippen LogP contribution in [0.4, 0.5) is 15.3 Å². The maximum Gasteiger partial charge on any atom is 0.407 e. The lowest BCUT2D eigenvalue weighted by Crippen LogP contribution is -2.61. The zero-order chi connectivity index (χ0) is 32.6. The molecule has 6 rings (SSSR count). The van der Waals surface area contributed by atoms with Gasteiger partial charge in [-0.1, -0.05) is 36.4 Å². The van der Waals surface area contributed by atoms with Crippen LogP contribution < -0.4 is 15.4 Å². The predicted octanol–water partition coefficient (Wildman–Crippen LogP) is 6.94. The number of hydrogen-bond donors (Lipinski definition) is 4. The number of urea groups is 1. The topological polar surface area (TPSA) is 141 Å². The summed E-state index contributed by atoms with van der Waals surface area (Å²) in [6.07, 6.45) is 5.77. The molecule has 12 heteroatoms. The Kier molecular flexibility index (Phi) is 9.05. The minimum Gasteiger partial charge on any atom is -0.465 e. The summed E-state index contributed by atoms with van der Waals surface area (Å²) in [6.45, 7) is 9.55. The number of amides is 3. The number of carbonyl (C=O) groups excluding carboxylic acids is 1. The van der Waals surface area contributed by atoms with Crippen LogP contribution in [0.2, 0.25) is 0 Å². The third-order valence-electron chi connectivity index (χ3n) is 8.93. The van der Waals surface area contributed by atoms with Crippen molar-refractivity contribution in [2.45, 2.75) is 107 Å². The summed E-state index contributed by atoms with van der Waals surface area (Å²) in [5, 5.41) is 16.5. The van der Waals surface area contributed by atoms with Gasteiger partial charge < -0.3 is 20.6 Å². The van der Waals surface area contributed by atoms with Gasteiger partial charge in [0.1, 0.15) is 0 Å². The molecular formula is C33H43N5O5S2. The summed E-state index contributed by atoms with van der Waals surface area (Å²) in [5.74, 6) is 0. The van der Waals surface area contributed by atoms with E-state index in [2.05, 4.69) is 15.4 Å². The normalized spacial score (nSPS) is 21.5. The number of hydrogen-bond acceptors (Lipinski definition) is 6. The van der Waals surface area contributed by atoms with E-state index >= 15 is 0 Å². The largest absolute Gasteiger partial charge is 0.465 e. The molecule has 0 atom stereocenters. The van der Waals surface area contributed by atoms with Crippen LogP contribution in [0.25, 0.3) is 10.4 Å². The van der Waals surface area contributed by atoms with Crippen molar-refractivity contribution in [3.05, 3.63) is 65.3 Å². The van der Waals surface area contributed by atoms with E-state index in [1.54, 1.807) is 44.0 Å². The van der Waals surface area contributed by atoms with Crippen molar-refractivity contribution in [3.63, 3.8) is 0 Å². The Labute approximate surface area is 269 Å². The van der Waals surface area contributed by atoms with E-state index in [1.165, 1.54) is 17.4 Å². The highest BCUT2D eigenvalue weighted by atomic mass is 32.2. The van der Waals surface area contributed by atoms with Crippen LogP contribution in [0.5, 0.6) is 0 Å². The van der Waals surface area contributed by atoms with Crippen LogP contribution in [0, 0.1) is 0 Å². The quantitative estimate of drug-likeness (QED) is 0.197. The molecule has 4 N–H and O–H groups in total. The summed E-state index contributed by atoms with van der Waals surface area (Å²) in [6, 6.07) is 13.9. The number of nitrogens with zero attached hydrogens (tertiary/aromatic N) is 2. The summed E-state index contributed by atoms with van der Waals surface area (Å²) < 4.78 is 30.2. The third-order valence-corrected chi connectivity index (χ3v) is 12.0. The van der Waals surface area contributed by atoms with Crippen molar-refractivity contribution >= 4 is 39.2 Å². The molecule has 2 bridgehead atoms. The molecule has 242 valence electrons. The zero-order valence-corrected chi connectivity index (χ0v) is 28.1. The highest BCUT2D eigenvalue weighted by Crippen LogP contribution is 2.57. The van der Waals surface area contributed by atoms with E-state index in [-0.39, 0.29) is 21.9 Å². The Morgan fingerprint density at radius 3 is 2.24 bits per heavy atom. The number of carboxylic acid groups (broad SMARTS) is 1. The number of thiazole rings is 1. The standard InChI is InChI=1S/C33H43N5O5S2/c1-22(2)38(30(40)41)33-16-13-32(14-17-33,15-18-33)28-34-21-26(44-28)25-12-11-24(19-27(25)45(42,43)37-31(3,4)5)36-29(39)35-20-23-9-7-6-8-10-23/h6-12,19,21-22,37H,13-18,20H2,1-5H3,(H,40,41)(H2,35,36,39). The molecule has 3 aliphatic rings. The first kappa shape index (κ1) is 32.9. The van der Waals surface area contributed by atoms with Crippen LogP contribution in [-0.2, 0) is 22.0 Å². The Morgan fingerprint density at radius 1 is 1.02 bits per heavy atom. The Balaban J connectivity index is 1.41. The molecule has 0 aliphatic heterocycles. The van der Waals surface area contributed by atoms with Gasteiger partial charge in [0.15, 0.2) is 0 Å². The first-order chi connectivity index (χ1) is 21.1. The second-order valence-electron chi connectivity index (χ2n) is 13.6. The van der Waals surface area contributed by atoms with Crippen LogP contribution in [0.15, 0.2) is 59.6 Å². The van der Waals surface area contributed by atoms with Crippen molar-refractivity contribution < 1.29 is 23.1 Å². The van der Waals surface area contributed by atoms with Gasteiger partial charge in [0.25, 0.3) is 0 Å². The number of anilines is 1. The first-order valence-corrected chi connectivity index (χ1v) is 17.7. The molecule has 3 fully saturated rings. The molecule has 45 heavy (non-hydrogen) atoms. The molecule has 3 aliphatic carbocycles. The highest BCUT2D eigenvalue weighted by molar-refractivity contribution is 7.89. The summed E-state index contributed by atoms with van der Waals surface area (Å²) in [5.41, 5.74) is 0.610. The molecule has 0 radical (unpaired) electrons. The van der Waals surface area contributed by atoms with Gasteiger partial charge in [-0.2, -0.15) is 0 Å². The number of fused-ring (bicyclic) bond motifs is 3. The maximum absolute atomic E-state index is 13.7. The average Bonchev–Trinajstić information content (AvgIpc) is 3.47. The fourth-order valence-corrected chi connectivity index (χ4v) is 9.86. The summed E-state index contributed by atoms with van der Waals surface area (Å²) in [4.78, 5) is 32.1. The molecule has 3 amide bonds. The van der Waals surface area contributed by atoms with Crippen LogP contribution in [-0.4, -0.2) is 52.7 Å². The molecule has 3 aromatic rings. The lowest BCUT2D eigenvalue weighted by Gasteiger charge is -2.57. The first-order valence-electron chi connectivity index (χ1n) is 15.4. The lowest BCUT2D eigenvalue weighted by atomic mass is 9.57. The van der Waals surface area contributed by atoms with E-state index in [0.29, 0.717) is 17.8 Å². The van der Waals surface area contributed by atoms with Crippen molar-refractivity contribution in [1.82, 2.24) is 19.9 Å². The van der Waals surface area contributed by atoms with E-state index in [1.807, 2.05) is 44.2 Å². The SMILES string of the molecule is CC(C)N(C(=O)O)C12CCC(c3ncc(-c4ccc(NC(=O)NCc5ccccc5)cc4S(=O)(=O)NC(C)(C)C)s3)(CC1)CC2. The second-order valence-corrected chi connectivity index (χ2v) is 16.3. The number of aromatic nitrogens is 1. The van der Waals surface area contributed by atoms with Crippen LogP contribution in [0.1, 0.15) is 83.7 Å². The number of benzene rings is 2. The highest BCUT2D eigenvalue weighted by Gasteiger charge is 2.54. The molecule has 2 aromatic carbocycles. The molecule has 0 spiro atoms. The van der Waals surface area contributed by atoms with Gasteiger partial charge in [-0.25, -0.2) is 27.7 Å². The maximum atomic E-state index is 13.7. The van der Waals surface area contributed by atoms with E-state index in [9.17, 15) is 23.1 Å². The fraction of sp³-hybridized carbons (Fsp3) is 0.485. The molecule has 3 saturated carbocycles. The number of rotatable bonds is 9. The van der Waals surface area contributed by atoms with E-state index < -0.39 is 27.7 Å². The van der Waals surface area contributed by atoms with Gasteiger partial charge in [0.05, 0.1) is 14.8 Å². The second kappa shape index (κ2) is 12.4. The Bertz CT molecular complexity index is 1640. The van der Waals surface area contributed by atoms with Gasteiger partial charge in [0, 0.05) is 46.5 Å². The number of carbonyl (C=O) groups is 2. The molecule has 0 unspecified atom stereocenters. The van der Waals surface area contributed by atoms with Crippen molar-refractivity contribution in [2.75, 3.05) is 5.32 Å². The van der Waals surface area contributed by atoms with Crippen molar-refractivity contribution in [3.8, 4) is 10.4 Å². The van der Waals surface area contributed by atoms with Gasteiger partial charge in [-0.05, 0) is 90.8 Å². The fourth-order valence-electron chi connectivity index (χ4n) is 6.90. The monoisotopic (exact) mass is 653 g/mol. The predicted molar refractivity (Wildman–Crippen MR) is 177 cm³/mol. The molecule has 1 aromatic heterocycles. The van der Waals surface area contributed by atoms with Gasteiger partial charge in [0.2, 0.25) is 10.0 Å². The van der Waals surface area contributed by atoms with Crippen molar-refractivity contribution in [2.24, 2.45) is 0 Å². The molecule has 10 nitrogen and oxygen atoms in total. The van der Waals surface area contributed by atoms with Crippen LogP contribution >= 0.6 is 11.3 Å². The number of nitrogens with one attached hydrogen (secondary N) is 3. The van der Waals surface area contributed by atoms with Gasteiger partial charge in [-0.15, -0.1) is 11.3 Å². The minimum atomic E-state index is -3.98. The number of sulfonamides is 1. The smallest absolute Gasteiger partial charge is 0.407 e. The third kappa shape index (κ3) is 7.02. The molecule has 0 saturated heterocycles. The zero-order valence-electron chi connectivity index (χ0n) is 26.5. The van der Waals surface area contributed by atoms with E-state index in [0.717, 1.165) is 54.0 Å². The average molecular weight is 654 g/mol. The Morgan fingerprint density at radius 2 is 1.67 bits per heavy atom.